The fourth-order valence-corrected chi connectivity index (χ4v) is 14.4. The van der Waals surface area contributed by atoms with Gasteiger partial charge in [0, 0.05) is 84.6 Å². The molecule has 4 aliphatic rings. The molecule has 78 heavy (non-hydrogen) atoms. The van der Waals surface area contributed by atoms with E-state index in [4.69, 9.17) is 0 Å². The molecule has 10 aromatic carbocycles. The molecule has 3 atom stereocenters. The molecule has 4 heteroatoms. The number of hydrogen-bond donors (Lipinski definition) is 1. The van der Waals surface area contributed by atoms with Gasteiger partial charge in [0.05, 0.1) is 22.3 Å². The first-order valence-corrected chi connectivity index (χ1v) is 27.6. The van der Waals surface area contributed by atoms with E-state index < -0.39 is 5.41 Å². The maximum atomic E-state index is 3.70. The lowest BCUT2D eigenvalue weighted by molar-refractivity contribution is 0.450. The quantitative estimate of drug-likeness (QED) is 0.164. The lowest BCUT2D eigenvalue weighted by Crippen LogP contribution is -2.41. The van der Waals surface area contributed by atoms with Gasteiger partial charge in [0.25, 0.3) is 0 Å². The first-order chi connectivity index (χ1) is 38.7. The number of aromatic amines is 1. The minimum Gasteiger partial charge on any atom is -0.355 e. The van der Waals surface area contributed by atoms with Crippen molar-refractivity contribution < 1.29 is 0 Å². The molecule has 0 saturated heterocycles. The summed E-state index contributed by atoms with van der Waals surface area (Å²) in [4.78, 5) is 8.77. The van der Waals surface area contributed by atoms with Gasteiger partial charge in [-0.2, -0.15) is 0 Å². The largest absolute Gasteiger partial charge is 0.355 e. The Morgan fingerprint density at radius 3 is 1.87 bits per heavy atom. The van der Waals surface area contributed by atoms with Crippen LogP contribution in [0.5, 0.6) is 0 Å². The second kappa shape index (κ2) is 17.7. The zero-order chi connectivity index (χ0) is 51.3. The number of nitrogens with one attached hydrogen (secondary N) is 1. The summed E-state index contributed by atoms with van der Waals surface area (Å²) in [6, 6.07) is 94.9. The Morgan fingerprint density at radius 2 is 1.12 bits per heavy atom. The molecule has 0 fully saturated rings. The van der Waals surface area contributed by atoms with Gasteiger partial charge in [-0.05, 0) is 143 Å². The average molecular weight is 999 g/mol. The van der Waals surface area contributed by atoms with Crippen molar-refractivity contribution in [3.05, 3.63) is 329 Å². The van der Waals surface area contributed by atoms with Crippen LogP contribution in [0.4, 0.5) is 28.4 Å². The number of nitrogens with zero attached hydrogens (tertiary/aromatic N) is 3. The zero-order valence-corrected chi connectivity index (χ0v) is 43.0. The molecule has 3 heterocycles. The molecule has 3 aliphatic carbocycles. The van der Waals surface area contributed by atoms with Crippen LogP contribution in [0.15, 0.2) is 284 Å². The van der Waals surface area contributed by atoms with Gasteiger partial charge in [0.15, 0.2) is 0 Å². The van der Waals surface area contributed by atoms with Gasteiger partial charge in [-0.3, -0.25) is 0 Å². The van der Waals surface area contributed by atoms with E-state index in [0.717, 1.165) is 35.2 Å². The Bertz CT molecular complexity index is 4360. The van der Waals surface area contributed by atoms with E-state index in [1.807, 2.05) is 0 Å². The van der Waals surface area contributed by atoms with Gasteiger partial charge >= 0.3 is 0 Å². The van der Waals surface area contributed by atoms with Gasteiger partial charge < -0.3 is 19.4 Å². The van der Waals surface area contributed by atoms with Crippen LogP contribution in [0.25, 0.3) is 44.5 Å². The number of H-pyrrole nitrogens is 1. The Balaban J connectivity index is 0.931. The Morgan fingerprint density at radius 1 is 0.487 bits per heavy atom. The molecule has 12 aromatic rings. The smallest absolute Gasteiger partial charge is 0.0567 e. The van der Waals surface area contributed by atoms with E-state index in [9.17, 15) is 0 Å². The normalized spacial score (nSPS) is 17.0. The van der Waals surface area contributed by atoms with Crippen molar-refractivity contribution in [3.8, 4) is 5.69 Å². The van der Waals surface area contributed by atoms with E-state index in [2.05, 4.69) is 298 Å². The third kappa shape index (κ3) is 6.66. The third-order valence-corrected chi connectivity index (χ3v) is 17.6. The summed E-state index contributed by atoms with van der Waals surface area (Å²) in [5.41, 5.74) is 23.3. The number of para-hydroxylation sites is 7. The van der Waals surface area contributed by atoms with Gasteiger partial charge in [-0.15, -0.1) is 0 Å². The maximum Gasteiger partial charge on any atom is 0.0567 e. The third-order valence-electron chi connectivity index (χ3n) is 17.6. The second-order valence-electron chi connectivity index (χ2n) is 21.5. The molecule has 4 nitrogen and oxygen atoms in total. The minimum atomic E-state index is -0.577. The number of benzene rings is 10. The maximum absolute atomic E-state index is 3.70. The number of rotatable bonds is 8. The van der Waals surface area contributed by atoms with Crippen LogP contribution in [0.3, 0.4) is 0 Å². The van der Waals surface area contributed by atoms with Crippen molar-refractivity contribution in [2.45, 2.75) is 30.1 Å². The van der Waals surface area contributed by atoms with Gasteiger partial charge in [0.1, 0.15) is 0 Å². The standard InChI is InChI=1S/C74H54N4/c1-5-21-49(22-6-1)73(50-38-43-68-61(45-50)59-29-13-17-33-67(59)75-68)51-37-41-57-58-42-39-56(48-66(58)74(65(57)46-51)63-31-15-19-35-71(63)78(54-27-11-4-12-28-54)72-36-20-16-32-64(72)74)76(52-23-7-2-8-24-52)55-40-44-70-62(47-55)60-30-14-18-34-69(60)77(70)53-25-9-3-10-26-53/h1-39,41-43,45-48,57,65,73,75H,40,44H2. The predicted octanol–water partition coefficient (Wildman–Crippen LogP) is 18.5. The molecule has 1 N–H and O–H groups in total. The highest BCUT2D eigenvalue weighted by atomic mass is 15.2. The van der Waals surface area contributed by atoms with E-state index in [-0.39, 0.29) is 17.8 Å². The highest BCUT2D eigenvalue weighted by molar-refractivity contribution is 6.07. The minimum absolute atomic E-state index is 0.00257. The molecule has 3 unspecified atom stereocenters. The Labute approximate surface area is 454 Å². The van der Waals surface area contributed by atoms with Crippen molar-refractivity contribution in [1.82, 2.24) is 9.55 Å². The molecule has 370 valence electrons. The number of fused-ring (bicyclic) bond motifs is 15. The van der Waals surface area contributed by atoms with E-state index in [1.54, 1.807) is 0 Å². The molecule has 1 spiro atoms. The van der Waals surface area contributed by atoms with Gasteiger partial charge in [-0.1, -0.05) is 188 Å². The lowest BCUT2D eigenvalue weighted by Gasteiger charge is -2.48. The molecule has 0 amide bonds. The number of allylic oxidation sites excluding steroid dienone is 5. The van der Waals surface area contributed by atoms with Crippen LogP contribution in [0.1, 0.15) is 62.9 Å². The fourth-order valence-electron chi connectivity index (χ4n) is 14.4. The summed E-state index contributed by atoms with van der Waals surface area (Å²) in [5.74, 6) is 0.148. The second-order valence-corrected chi connectivity index (χ2v) is 21.5. The van der Waals surface area contributed by atoms with Crippen LogP contribution in [0.2, 0.25) is 0 Å². The Kier molecular flexibility index (Phi) is 10.1. The van der Waals surface area contributed by atoms with Crippen LogP contribution >= 0.6 is 0 Å². The van der Waals surface area contributed by atoms with Crippen LogP contribution in [-0.4, -0.2) is 9.55 Å². The first-order valence-electron chi connectivity index (χ1n) is 27.6. The number of anilines is 5. The molecule has 2 aromatic heterocycles. The van der Waals surface area contributed by atoms with Crippen LogP contribution in [0, 0.1) is 5.92 Å². The van der Waals surface area contributed by atoms with Crippen molar-refractivity contribution in [2.24, 2.45) is 5.92 Å². The lowest BCUT2D eigenvalue weighted by atomic mass is 9.60. The molecule has 0 saturated carbocycles. The van der Waals surface area contributed by atoms with Crippen molar-refractivity contribution in [3.63, 3.8) is 0 Å². The first kappa shape index (κ1) is 44.6. The van der Waals surface area contributed by atoms with E-state index in [0.29, 0.717) is 0 Å². The zero-order valence-electron chi connectivity index (χ0n) is 43.0. The summed E-state index contributed by atoms with van der Waals surface area (Å²) in [7, 11) is 0. The topological polar surface area (TPSA) is 27.2 Å². The molecular weight excluding hydrogens is 945 g/mol. The monoisotopic (exact) mass is 998 g/mol. The summed E-state index contributed by atoms with van der Waals surface area (Å²) < 4.78 is 2.49. The summed E-state index contributed by atoms with van der Waals surface area (Å²) in [6.07, 6.45) is 12.0. The van der Waals surface area contributed by atoms with Crippen molar-refractivity contribution in [1.29, 1.82) is 0 Å². The molecule has 0 radical (unpaired) electrons. The fraction of sp³-hybridized carbons (Fsp3) is 0.0811. The van der Waals surface area contributed by atoms with Crippen molar-refractivity contribution in [2.75, 3.05) is 9.80 Å². The van der Waals surface area contributed by atoms with E-state index in [1.165, 1.54) is 100 Å². The highest BCUT2D eigenvalue weighted by Crippen LogP contribution is 2.67. The number of hydrogen-bond acceptors (Lipinski definition) is 2. The average Bonchev–Trinajstić information content (AvgIpc) is 3.14. The summed E-state index contributed by atoms with van der Waals surface area (Å²) >= 11 is 0. The molecule has 0 bridgehead atoms. The summed E-state index contributed by atoms with van der Waals surface area (Å²) in [5, 5.41) is 3.79. The van der Waals surface area contributed by atoms with E-state index >= 15 is 0 Å². The molecule has 1 aliphatic heterocycles. The summed E-state index contributed by atoms with van der Waals surface area (Å²) in [6.45, 7) is 0. The van der Waals surface area contributed by atoms with Gasteiger partial charge in [0.2, 0.25) is 0 Å². The SMILES string of the molecule is C1=CC2c3ccc(N(C4=Cc5c(n(-c6ccccc6)c6ccccc56)CC4)c4ccccc4)cc3C3(c4ccccc4N(c4ccccc4)c4ccccc43)C2C=C1C(c1ccccc1)c1ccc2[nH]c3ccccc3c2c1. The van der Waals surface area contributed by atoms with Crippen molar-refractivity contribution >= 4 is 67.2 Å². The molecular formula is C74H54N4. The van der Waals surface area contributed by atoms with Gasteiger partial charge in [-0.25, -0.2) is 0 Å². The predicted molar refractivity (Wildman–Crippen MR) is 323 cm³/mol. The van der Waals surface area contributed by atoms with Crippen LogP contribution < -0.4 is 9.80 Å². The highest BCUT2D eigenvalue weighted by Gasteiger charge is 2.57. The molecule has 16 rings (SSSR count). The van der Waals surface area contributed by atoms with Crippen LogP contribution in [-0.2, 0) is 11.8 Å². The Hall–Kier alpha value is -9.64. The number of aromatic nitrogens is 2.